The van der Waals surface area contributed by atoms with E-state index in [2.05, 4.69) is 0 Å². The normalized spacial score (nSPS) is 11.3. The number of phenols is 1. The Labute approximate surface area is 111 Å². The van der Waals surface area contributed by atoms with Crippen LogP contribution in [0.1, 0.15) is 16.7 Å². The summed E-state index contributed by atoms with van der Waals surface area (Å²) in [6, 6.07) is 13.7. The van der Waals surface area contributed by atoms with Crippen LogP contribution in [0.5, 0.6) is 5.75 Å². The predicted octanol–water partition coefficient (Wildman–Crippen LogP) is 3.33. The van der Waals surface area contributed by atoms with Gasteiger partial charge in [0.2, 0.25) is 0 Å². The zero-order chi connectivity index (χ0) is 13.8. The number of carbonyl (C=O) groups is 1. The molecular formula is C16H14O3. The van der Waals surface area contributed by atoms with E-state index in [9.17, 15) is 15.0 Å². The minimum absolute atomic E-state index is 0.115. The van der Waals surface area contributed by atoms with Gasteiger partial charge in [0, 0.05) is 0 Å². The van der Waals surface area contributed by atoms with Crippen LogP contribution in [0.25, 0.3) is 11.6 Å². The van der Waals surface area contributed by atoms with Gasteiger partial charge in [-0.05, 0) is 41.8 Å². The van der Waals surface area contributed by atoms with Crippen LogP contribution in [0.2, 0.25) is 0 Å². The maximum Gasteiger partial charge on any atom is 0.336 e. The van der Waals surface area contributed by atoms with Crippen molar-refractivity contribution in [2.24, 2.45) is 0 Å². The van der Waals surface area contributed by atoms with E-state index in [1.54, 1.807) is 18.2 Å². The second-order valence-corrected chi connectivity index (χ2v) is 4.27. The molecule has 19 heavy (non-hydrogen) atoms. The molecule has 0 aliphatic heterocycles. The Morgan fingerprint density at radius 3 is 2.26 bits per heavy atom. The minimum Gasteiger partial charge on any atom is -0.508 e. The molecule has 3 nitrogen and oxygen atoms in total. The van der Waals surface area contributed by atoms with Crippen LogP contribution in [0, 0.1) is 6.92 Å². The van der Waals surface area contributed by atoms with Crippen molar-refractivity contribution in [3.05, 3.63) is 65.2 Å². The molecule has 0 saturated carbocycles. The lowest BCUT2D eigenvalue weighted by molar-refractivity contribution is -0.130. The van der Waals surface area contributed by atoms with Gasteiger partial charge in [0.25, 0.3) is 0 Å². The molecule has 0 fully saturated rings. The van der Waals surface area contributed by atoms with Gasteiger partial charge in [-0.25, -0.2) is 4.79 Å². The van der Waals surface area contributed by atoms with Crippen LogP contribution < -0.4 is 0 Å². The molecule has 96 valence electrons. The van der Waals surface area contributed by atoms with Crippen molar-refractivity contribution >= 4 is 17.6 Å². The molecular weight excluding hydrogens is 240 g/mol. The maximum absolute atomic E-state index is 11.4. The van der Waals surface area contributed by atoms with Gasteiger partial charge in [0.05, 0.1) is 5.57 Å². The van der Waals surface area contributed by atoms with Crippen molar-refractivity contribution in [3.8, 4) is 5.75 Å². The highest BCUT2D eigenvalue weighted by atomic mass is 16.4. The minimum atomic E-state index is -0.992. The van der Waals surface area contributed by atoms with Gasteiger partial charge in [-0.15, -0.1) is 0 Å². The lowest BCUT2D eigenvalue weighted by atomic mass is 10.0. The first-order valence-corrected chi connectivity index (χ1v) is 5.88. The fourth-order valence-corrected chi connectivity index (χ4v) is 1.81. The lowest BCUT2D eigenvalue weighted by Gasteiger charge is -2.05. The first-order chi connectivity index (χ1) is 9.08. The summed E-state index contributed by atoms with van der Waals surface area (Å²) in [5, 5.41) is 18.6. The number of carboxylic acids is 1. The number of hydrogen-bond donors (Lipinski definition) is 2. The molecule has 0 bridgehead atoms. The van der Waals surface area contributed by atoms with Crippen LogP contribution in [-0.4, -0.2) is 16.2 Å². The fraction of sp³-hybridized carbons (Fsp3) is 0.0625. The Kier molecular flexibility index (Phi) is 3.66. The van der Waals surface area contributed by atoms with Gasteiger partial charge < -0.3 is 10.2 Å². The molecule has 0 heterocycles. The molecule has 0 aromatic heterocycles. The average molecular weight is 254 g/mol. The highest BCUT2D eigenvalue weighted by Crippen LogP contribution is 2.22. The zero-order valence-corrected chi connectivity index (χ0v) is 10.5. The first kappa shape index (κ1) is 12.9. The molecule has 0 amide bonds. The van der Waals surface area contributed by atoms with E-state index in [0.29, 0.717) is 5.56 Å². The molecule has 3 heteroatoms. The van der Waals surface area contributed by atoms with Crippen LogP contribution in [0.3, 0.4) is 0 Å². The third-order valence-corrected chi connectivity index (χ3v) is 2.90. The largest absolute Gasteiger partial charge is 0.508 e. The smallest absolute Gasteiger partial charge is 0.336 e. The Hall–Kier alpha value is -2.55. The Morgan fingerprint density at radius 1 is 1.05 bits per heavy atom. The van der Waals surface area contributed by atoms with E-state index >= 15 is 0 Å². The number of carboxylic acid groups (broad SMARTS) is 1. The number of aryl methyl sites for hydroxylation is 1. The van der Waals surface area contributed by atoms with Gasteiger partial charge >= 0.3 is 5.97 Å². The van der Waals surface area contributed by atoms with Gasteiger partial charge in [-0.1, -0.05) is 36.4 Å². The van der Waals surface area contributed by atoms with Crippen molar-refractivity contribution in [2.45, 2.75) is 6.92 Å². The summed E-state index contributed by atoms with van der Waals surface area (Å²) in [6.07, 6.45) is 1.64. The molecule has 2 rings (SSSR count). The molecule has 2 N–H and O–H groups in total. The molecule has 0 unspecified atom stereocenters. The summed E-state index contributed by atoms with van der Waals surface area (Å²) in [5.74, 6) is -0.877. The summed E-state index contributed by atoms with van der Waals surface area (Å²) in [5.41, 5.74) is 2.65. The first-order valence-electron chi connectivity index (χ1n) is 5.88. The summed E-state index contributed by atoms with van der Waals surface area (Å²) in [7, 11) is 0. The summed E-state index contributed by atoms with van der Waals surface area (Å²) in [4.78, 5) is 11.4. The quantitative estimate of drug-likeness (QED) is 0.652. The van der Waals surface area contributed by atoms with Crippen molar-refractivity contribution in [1.82, 2.24) is 0 Å². The fourth-order valence-electron chi connectivity index (χ4n) is 1.81. The second kappa shape index (κ2) is 5.40. The molecule has 0 atom stereocenters. The van der Waals surface area contributed by atoms with Crippen molar-refractivity contribution in [2.75, 3.05) is 0 Å². The lowest BCUT2D eigenvalue weighted by Crippen LogP contribution is -1.99. The van der Waals surface area contributed by atoms with Crippen LogP contribution in [-0.2, 0) is 4.79 Å². The summed E-state index contributed by atoms with van der Waals surface area (Å²) >= 11 is 0. The molecule has 0 aliphatic carbocycles. The van der Waals surface area contributed by atoms with Crippen molar-refractivity contribution in [1.29, 1.82) is 0 Å². The van der Waals surface area contributed by atoms with E-state index in [-0.39, 0.29) is 11.3 Å². The number of rotatable bonds is 3. The SMILES string of the molecule is Cc1ccccc1/C=C(\C(=O)O)c1ccc(O)cc1. The van der Waals surface area contributed by atoms with Crippen molar-refractivity contribution in [3.63, 3.8) is 0 Å². The van der Waals surface area contributed by atoms with Gasteiger partial charge in [0.1, 0.15) is 5.75 Å². The average Bonchev–Trinajstić information content (AvgIpc) is 2.39. The molecule has 0 aliphatic rings. The predicted molar refractivity (Wildman–Crippen MR) is 74.8 cm³/mol. The van der Waals surface area contributed by atoms with Crippen LogP contribution >= 0.6 is 0 Å². The number of aromatic hydroxyl groups is 1. The Balaban J connectivity index is 2.50. The molecule has 0 radical (unpaired) electrons. The number of hydrogen-bond acceptors (Lipinski definition) is 2. The number of benzene rings is 2. The highest BCUT2D eigenvalue weighted by Gasteiger charge is 2.10. The Bertz CT molecular complexity index is 625. The highest BCUT2D eigenvalue weighted by molar-refractivity contribution is 6.20. The zero-order valence-electron chi connectivity index (χ0n) is 10.5. The van der Waals surface area contributed by atoms with Crippen LogP contribution in [0.15, 0.2) is 48.5 Å². The van der Waals surface area contributed by atoms with E-state index in [1.807, 2.05) is 31.2 Å². The third kappa shape index (κ3) is 3.01. The number of phenolic OH excluding ortho intramolecular Hbond substituents is 1. The van der Waals surface area contributed by atoms with Gasteiger partial charge in [-0.3, -0.25) is 0 Å². The number of aliphatic carboxylic acids is 1. The van der Waals surface area contributed by atoms with Crippen LogP contribution in [0.4, 0.5) is 0 Å². The third-order valence-electron chi connectivity index (χ3n) is 2.90. The monoisotopic (exact) mass is 254 g/mol. The topological polar surface area (TPSA) is 57.5 Å². The van der Waals surface area contributed by atoms with E-state index in [0.717, 1.165) is 11.1 Å². The van der Waals surface area contributed by atoms with E-state index in [1.165, 1.54) is 12.1 Å². The summed E-state index contributed by atoms with van der Waals surface area (Å²) in [6.45, 7) is 1.93. The second-order valence-electron chi connectivity index (χ2n) is 4.27. The van der Waals surface area contributed by atoms with Crippen molar-refractivity contribution < 1.29 is 15.0 Å². The molecule has 2 aromatic carbocycles. The maximum atomic E-state index is 11.4. The molecule has 0 spiro atoms. The summed E-state index contributed by atoms with van der Waals surface area (Å²) < 4.78 is 0. The molecule has 0 saturated heterocycles. The standard InChI is InChI=1S/C16H14O3/c1-11-4-2-3-5-13(11)10-15(16(18)19)12-6-8-14(17)9-7-12/h2-10,17H,1H3,(H,18,19)/b15-10-. The molecule has 2 aromatic rings. The van der Waals surface area contributed by atoms with E-state index < -0.39 is 5.97 Å². The van der Waals surface area contributed by atoms with Gasteiger partial charge in [-0.2, -0.15) is 0 Å². The Morgan fingerprint density at radius 2 is 1.68 bits per heavy atom. The van der Waals surface area contributed by atoms with E-state index in [4.69, 9.17) is 0 Å². The van der Waals surface area contributed by atoms with Gasteiger partial charge in [0.15, 0.2) is 0 Å².